The zero-order valence-corrected chi connectivity index (χ0v) is 15.5. The second-order valence-electron chi connectivity index (χ2n) is 5.98. The summed E-state index contributed by atoms with van der Waals surface area (Å²) >= 11 is 0. The van der Waals surface area contributed by atoms with E-state index < -0.39 is 10.9 Å². The Morgan fingerprint density at radius 2 is 1.63 bits per heavy atom. The molecule has 0 aliphatic heterocycles. The van der Waals surface area contributed by atoms with Gasteiger partial charge in [0.25, 0.3) is 0 Å². The summed E-state index contributed by atoms with van der Waals surface area (Å²) in [6, 6.07) is 21.9. The van der Waals surface area contributed by atoms with Crippen molar-refractivity contribution in [3.05, 3.63) is 101 Å². The standard InChI is InChI=1S/C13H10O3.C9H6N2O3/c14-13(15)11-8-4-5-9-12(11)16-10-6-2-1-3-7-10;12-9-7(11(13)14)4-3-6-2-1-5-10-8(6)9/h1-9H,(H,14,15);1-5,12H. The molecule has 30 heavy (non-hydrogen) atoms. The molecule has 0 amide bonds. The molecule has 0 saturated heterocycles. The first-order valence-corrected chi connectivity index (χ1v) is 8.73. The number of carboxylic acid groups (broad SMARTS) is 1. The molecule has 0 radical (unpaired) electrons. The number of pyridine rings is 1. The Kier molecular flexibility index (Phi) is 6.19. The number of nitro benzene ring substituents is 1. The van der Waals surface area contributed by atoms with Crippen LogP contribution < -0.4 is 4.74 Å². The van der Waals surface area contributed by atoms with Gasteiger partial charge in [0.1, 0.15) is 22.6 Å². The fourth-order valence-corrected chi connectivity index (χ4v) is 2.61. The molecule has 8 nitrogen and oxygen atoms in total. The zero-order valence-electron chi connectivity index (χ0n) is 15.5. The first kappa shape index (κ1) is 20.3. The largest absolute Gasteiger partial charge is 0.501 e. The van der Waals surface area contributed by atoms with Crippen LogP contribution in [0.5, 0.6) is 17.2 Å². The van der Waals surface area contributed by atoms with Gasteiger partial charge in [0, 0.05) is 17.6 Å². The minimum atomic E-state index is -0.994. The number of aromatic hydroxyl groups is 1. The molecular weight excluding hydrogens is 388 g/mol. The lowest BCUT2D eigenvalue weighted by Gasteiger charge is -2.07. The topological polar surface area (TPSA) is 123 Å². The molecule has 0 bridgehead atoms. The predicted octanol–water partition coefficient (Wildman–Crippen LogP) is 5.03. The average Bonchev–Trinajstić information content (AvgIpc) is 2.75. The van der Waals surface area contributed by atoms with Gasteiger partial charge < -0.3 is 14.9 Å². The highest BCUT2D eigenvalue weighted by Gasteiger charge is 2.16. The third kappa shape index (κ3) is 4.68. The van der Waals surface area contributed by atoms with Crippen LogP contribution in [0.2, 0.25) is 0 Å². The van der Waals surface area contributed by atoms with Gasteiger partial charge in [-0.2, -0.15) is 0 Å². The fourth-order valence-electron chi connectivity index (χ4n) is 2.61. The molecule has 2 N–H and O–H groups in total. The Balaban J connectivity index is 0.000000172. The van der Waals surface area contributed by atoms with Gasteiger partial charge in [0.15, 0.2) is 0 Å². The maximum absolute atomic E-state index is 10.9. The Morgan fingerprint density at radius 1 is 0.933 bits per heavy atom. The first-order valence-electron chi connectivity index (χ1n) is 8.73. The van der Waals surface area contributed by atoms with Crippen molar-refractivity contribution in [2.24, 2.45) is 0 Å². The molecule has 8 heteroatoms. The SMILES string of the molecule is O=C(O)c1ccccc1Oc1ccccc1.O=[N+]([O-])c1ccc2cccnc2c1O. The van der Waals surface area contributed by atoms with Crippen LogP contribution in [0.3, 0.4) is 0 Å². The summed E-state index contributed by atoms with van der Waals surface area (Å²) in [5.74, 6) is -0.406. The number of para-hydroxylation sites is 2. The van der Waals surface area contributed by atoms with Crippen molar-refractivity contribution in [3.63, 3.8) is 0 Å². The molecule has 0 aliphatic carbocycles. The van der Waals surface area contributed by atoms with Crippen LogP contribution in [-0.2, 0) is 0 Å². The van der Waals surface area contributed by atoms with Gasteiger partial charge in [-0.1, -0.05) is 36.4 Å². The minimum Gasteiger partial charge on any atom is -0.501 e. The van der Waals surface area contributed by atoms with Crippen LogP contribution in [0, 0.1) is 10.1 Å². The molecule has 0 aliphatic rings. The van der Waals surface area contributed by atoms with Crippen molar-refractivity contribution >= 4 is 22.6 Å². The van der Waals surface area contributed by atoms with E-state index >= 15 is 0 Å². The van der Waals surface area contributed by atoms with Crippen LogP contribution in [0.4, 0.5) is 5.69 Å². The number of aromatic carboxylic acids is 1. The van der Waals surface area contributed by atoms with Crippen molar-refractivity contribution in [2.75, 3.05) is 0 Å². The summed E-state index contributed by atoms with van der Waals surface area (Å²) in [5, 5.41) is 29.6. The Bertz CT molecular complexity index is 1190. The number of benzene rings is 3. The molecule has 0 fully saturated rings. The molecule has 0 atom stereocenters. The smallest absolute Gasteiger partial charge is 0.339 e. The van der Waals surface area contributed by atoms with E-state index in [4.69, 9.17) is 9.84 Å². The lowest BCUT2D eigenvalue weighted by molar-refractivity contribution is -0.385. The molecule has 4 aromatic rings. The van der Waals surface area contributed by atoms with Crippen LogP contribution >= 0.6 is 0 Å². The summed E-state index contributed by atoms with van der Waals surface area (Å²) in [6.07, 6.45) is 1.48. The molecule has 3 aromatic carbocycles. The average molecular weight is 404 g/mol. The highest BCUT2D eigenvalue weighted by Crippen LogP contribution is 2.32. The lowest BCUT2D eigenvalue weighted by atomic mass is 10.2. The lowest BCUT2D eigenvalue weighted by Crippen LogP contribution is -1.99. The maximum atomic E-state index is 10.9. The van der Waals surface area contributed by atoms with E-state index in [1.807, 2.05) is 18.2 Å². The van der Waals surface area contributed by atoms with E-state index in [2.05, 4.69) is 4.98 Å². The Labute approximate surface area is 170 Å². The molecule has 1 heterocycles. The monoisotopic (exact) mass is 404 g/mol. The number of carbonyl (C=O) groups is 1. The maximum Gasteiger partial charge on any atom is 0.339 e. The highest BCUT2D eigenvalue weighted by molar-refractivity contribution is 5.91. The number of phenols is 1. The van der Waals surface area contributed by atoms with E-state index in [-0.39, 0.29) is 22.5 Å². The number of ether oxygens (including phenoxy) is 1. The van der Waals surface area contributed by atoms with E-state index in [0.717, 1.165) is 0 Å². The number of aromatic nitrogens is 1. The van der Waals surface area contributed by atoms with Gasteiger partial charge in [-0.3, -0.25) is 15.1 Å². The van der Waals surface area contributed by atoms with Crippen molar-refractivity contribution in [2.45, 2.75) is 0 Å². The molecule has 0 unspecified atom stereocenters. The van der Waals surface area contributed by atoms with Crippen LogP contribution in [0.1, 0.15) is 10.4 Å². The van der Waals surface area contributed by atoms with Gasteiger partial charge in [-0.15, -0.1) is 0 Å². The molecule has 150 valence electrons. The second kappa shape index (κ2) is 9.16. The molecule has 0 saturated carbocycles. The van der Waals surface area contributed by atoms with E-state index in [1.165, 1.54) is 18.3 Å². The number of phenolic OH excluding ortho intramolecular Hbond substituents is 1. The van der Waals surface area contributed by atoms with E-state index in [1.54, 1.807) is 48.5 Å². The van der Waals surface area contributed by atoms with Crippen LogP contribution in [0.25, 0.3) is 10.9 Å². The molecule has 1 aromatic heterocycles. The van der Waals surface area contributed by atoms with E-state index in [9.17, 15) is 20.0 Å². The third-order valence-electron chi connectivity index (χ3n) is 4.01. The van der Waals surface area contributed by atoms with Crippen molar-refractivity contribution in [1.29, 1.82) is 0 Å². The minimum absolute atomic E-state index is 0.159. The number of rotatable bonds is 4. The molecule has 4 rings (SSSR count). The summed E-state index contributed by atoms with van der Waals surface area (Å²) in [4.78, 5) is 24.6. The predicted molar refractivity (Wildman–Crippen MR) is 110 cm³/mol. The van der Waals surface area contributed by atoms with Crippen molar-refractivity contribution < 1.29 is 24.7 Å². The van der Waals surface area contributed by atoms with Crippen molar-refractivity contribution in [3.8, 4) is 17.2 Å². The number of nitro groups is 1. The van der Waals surface area contributed by atoms with E-state index in [0.29, 0.717) is 16.9 Å². The van der Waals surface area contributed by atoms with Crippen LogP contribution in [0.15, 0.2) is 85.1 Å². The first-order chi connectivity index (χ1) is 14.5. The number of carboxylic acids is 1. The summed E-state index contributed by atoms with van der Waals surface area (Å²) in [6.45, 7) is 0. The molecule has 0 spiro atoms. The number of nitrogens with zero attached hydrogens (tertiary/aromatic N) is 2. The Hall–Kier alpha value is -4.46. The third-order valence-corrected chi connectivity index (χ3v) is 4.01. The fraction of sp³-hybridized carbons (Fsp3) is 0. The Morgan fingerprint density at radius 3 is 2.33 bits per heavy atom. The summed E-state index contributed by atoms with van der Waals surface area (Å²) in [5.41, 5.74) is 0.0873. The number of hydrogen-bond acceptors (Lipinski definition) is 6. The van der Waals surface area contributed by atoms with Crippen molar-refractivity contribution in [1.82, 2.24) is 4.98 Å². The van der Waals surface area contributed by atoms with Gasteiger partial charge in [0.2, 0.25) is 5.75 Å². The number of fused-ring (bicyclic) bond motifs is 1. The van der Waals surface area contributed by atoms with Gasteiger partial charge in [-0.25, -0.2) is 4.79 Å². The van der Waals surface area contributed by atoms with Gasteiger partial charge >= 0.3 is 11.7 Å². The van der Waals surface area contributed by atoms with Gasteiger partial charge in [0.05, 0.1) is 4.92 Å². The van der Waals surface area contributed by atoms with Gasteiger partial charge in [-0.05, 0) is 36.4 Å². The normalized spacial score (nSPS) is 10.0. The highest BCUT2D eigenvalue weighted by atomic mass is 16.6. The zero-order chi connectivity index (χ0) is 21.5. The number of hydrogen-bond donors (Lipinski definition) is 2. The summed E-state index contributed by atoms with van der Waals surface area (Å²) in [7, 11) is 0. The second-order valence-corrected chi connectivity index (χ2v) is 5.98. The quantitative estimate of drug-likeness (QED) is 0.361. The van der Waals surface area contributed by atoms with Crippen LogP contribution in [-0.4, -0.2) is 26.1 Å². The molecular formula is C22H16N2O6. The summed E-state index contributed by atoms with van der Waals surface area (Å²) < 4.78 is 5.49.